The van der Waals surface area contributed by atoms with Gasteiger partial charge in [0.15, 0.2) is 0 Å². The Balaban J connectivity index is 1.58. The summed E-state index contributed by atoms with van der Waals surface area (Å²) in [5.74, 6) is -0.604. The lowest BCUT2D eigenvalue weighted by atomic mass is 10.2. The quantitative estimate of drug-likeness (QED) is 0.782. The fourth-order valence-electron chi connectivity index (χ4n) is 2.80. The molecule has 2 N–H and O–H groups in total. The number of amides is 2. The third kappa shape index (κ3) is 4.58. The standard InChI is InChI=1S/C17H23N3O4S/c21-16(19-14-6-7-14)12-18-17(22)13-4-8-15(9-5-13)25(23,24)20-10-2-1-3-11-20/h4-5,8-9,14H,1-3,6-7,10-12H2,(H,18,22)(H,19,21). The number of carbonyl (C=O) groups is 2. The van der Waals surface area contributed by atoms with E-state index in [0.29, 0.717) is 18.7 Å². The number of piperidine rings is 1. The second-order valence-corrected chi connectivity index (χ2v) is 8.45. The van der Waals surface area contributed by atoms with Crippen LogP contribution in [-0.2, 0) is 14.8 Å². The first kappa shape index (κ1) is 17.9. The zero-order valence-corrected chi connectivity index (χ0v) is 14.8. The van der Waals surface area contributed by atoms with Gasteiger partial charge < -0.3 is 10.6 Å². The van der Waals surface area contributed by atoms with Gasteiger partial charge >= 0.3 is 0 Å². The van der Waals surface area contributed by atoms with Crippen molar-refractivity contribution in [1.82, 2.24) is 14.9 Å². The highest BCUT2D eigenvalue weighted by atomic mass is 32.2. The van der Waals surface area contributed by atoms with Gasteiger partial charge in [-0.05, 0) is 49.9 Å². The van der Waals surface area contributed by atoms with E-state index in [0.717, 1.165) is 32.1 Å². The Morgan fingerprint density at radius 3 is 2.28 bits per heavy atom. The molecule has 2 amide bonds. The number of carbonyl (C=O) groups excluding carboxylic acids is 2. The number of benzene rings is 1. The largest absolute Gasteiger partial charge is 0.352 e. The van der Waals surface area contributed by atoms with Gasteiger partial charge in [-0.1, -0.05) is 6.42 Å². The predicted octanol–water partition coefficient (Wildman–Crippen LogP) is 0.870. The minimum absolute atomic E-state index is 0.0802. The molecule has 8 heteroatoms. The Hall–Kier alpha value is -1.93. The first-order valence-corrected chi connectivity index (χ1v) is 10.1. The van der Waals surface area contributed by atoms with E-state index in [4.69, 9.17) is 0 Å². The molecule has 136 valence electrons. The van der Waals surface area contributed by atoms with E-state index >= 15 is 0 Å². The molecule has 7 nitrogen and oxygen atoms in total. The van der Waals surface area contributed by atoms with Crippen LogP contribution in [0.3, 0.4) is 0 Å². The van der Waals surface area contributed by atoms with Crippen LogP contribution in [0.5, 0.6) is 0 Å². The Bertz CT molecular complexity index is 736. The highest BCUT2D eigenvalue weighted by molar-refractivity contribution is 7.89. The van der Waals surface area contributed by atoms with E-state index in [1.54, 1.807) is 0 Å². The smallest absolute Gasteiger partial charge is 0.251 e. The third-order valence-electron chi connectivity index (χ3n) is 4.42. The maximum atomic E-state index is 12.6. The molecule has 0 atom stereocenters. The number of rotatable bonds is 6. The molecule has 0 radical (unpaired) electrons. The topological polar surface area (TPSA) is 95.6 Å². The van der Waals surface area contributed by atoms with E-state index < -0.39 is 15.9 Å². The van der Waals surface area contributed by atoms with E-state index in [9.17, 15) is 18.0 Å². The van der Waals surface area contributed by atoms with Crippen LogP contribution in [0.4, 0.5) is 0 Å². The zero-order chi connectivity index (χ0) is 17.9. The van der Waals surface area contributed by atoms with E-state index in [1.165, 1.54) is 28.6 Å². The van der Waals surface area contributed by atoms with Crippen molar-refractivity contribution in [3.63, 3.8) is 0 Å². The van der Waals surface area contributed by atoms with Crippen molar-refractivity contribution in [3.05, 3.63) is 29.8 Å². The number of nitrogens with zero attached hydrogens (tertiary/aromatic N) is 1. The van der Waals surface area contributed by atoms with Gasteiger partial charge in [-0.15, -0.1) is 0 Å². The SMILES string of the molecule is O=C(CNC(=O)c1ccc(S(=O)(=O)N2CCCCC2)cc1)NC1CC1. The van der Waals surface area contributed by atoms with Crippen molar-refractivity contribution in [2.45, 2.75) is 43.0 Å². The highest BCUT2D eigenvalue weighted by Crippen LogP contribution is 2.21. The summed E-state index contributed by atoms with van der Waals surface area (Å²) < 4.78 is 26.6. The molecule has 0 aromatic heterocycles. The Kier molecular flexibility index (Phi) is 5.39. The van der Waals surface area contributed by atoms with E-state index in [2.05, 4.69) is 10.6 Å². The second kappa shape index (κ2) is 7.53. The summed E-state index contributed by atoms with van der Waals surface area (Å²) in [7, 11) is -3.50. The van der Waals surface area contributed by atoms with Gasteiger partial charge in [0.25, 0.3) is 5.91 Å². The van der Waals surface area contributed by atoms with Crippen LogP contribution in [0, 0.1) is 0 Å². The van der Waals surface area contributed by atoms with Crippen LogP contribution >= 0.6 is 0 Å². The van der Waals surface area contributed by atoms with Crippen molar-refractivity contribution in [1.29, 1.82) is 0 Å². The van der Waals surface area contributed by atoms with Crippen molar-refractivity contribution < 1.29 is 18.0 Å². The maximum absolute atomic E-state index is 12.6. The molecule has 1 saturated carbocycles. The Morgan fingerprint density at radius 2 is 1.68 bits per heavy atom. The number of sulfonamides is 1. The average Bonchev–Trinajstić information content (AvgIpc) is 3.44. The van der Waals surface area contributed by atoms with Crippen LogP contribution in [0.1, 0.15) is 42.5 Å². The highest BCUT2D eigenvalue weighted by Gasteiger charge is 2.26. The van der Waals surface area contributed by atoms with Crippen LogP contribution < -0.4 is 10.6 Å². The summed E-state index contributed by atoms with van der Waals surface area (Å²) in [6.07, 6.45) is 4.80. The minimum Gasteiger partial charge on any atom is -0.352 e. The van der Waals surface area contributed by atoms with Gasteiger partial charge in [0.1, 0.15) is 0 Å². The summed E-state index contributed by atoms with van der Waals surface area (Å²) >= 11 is 0. The summed E-state index contributed by atoms with van der Waals surface area (Å²) in [5.41, 5.74) is 0.330. The summed E-state index contributed by atoms with van der Waals surface area (Å²) in [5, 5.41) is 5.33. The van der Waals surface area contributed by atoms with Crippen LogP contribution in [0.25, 0.3) is 0 Å². The molecule has 1 aromatic rings. The van der Waals surface area contributed by atoms with Crippen LogP contribution in [-0.4, -0.2) is 50.2 Å². The third-order valence-corrected chi connectivity index (χ3v) is 6.33. The second-order valence-electron chi connectivity index (χ2n) is 6.51. The lowest BCUT2D eigenvalue weighted by Gasteiger charge is -2.25. The van der Waals surface area contributed by atoms with E-state index in [-0.39, 0.29) is 23.4 Å². The molecular formula is C17H23N3O4S. The van der Waals surface area contributed by atoms with Crippen LogP contribution in [0.2, 0.25) is 0 Å². The minimum atomic E-state index is -3.50. The lowest BCUT2D eigenvalue weighted by molar-refractivity contribution is -0.120. The Labute approximate surface area is 147 Å². The van der Waals surface area contributed by atoms with E-state index in [1.807, 2.05) is 0 Å². The fourth-order valence-corrected chi connectivity index (χ4v) is 4.32. The summed E-state index contributed by atoms with van der Waals surface area (Å²) in [6, 6.07) is 6.10. The Morgan fingerprint density at radius 1 is 1.04 bits per heavy atom. The van der Waals surface area contributed by atoms with Gasteiger partial charge in [-0.25, -0.2) is 8.42 Å². The van der Waals surface area contributed by atoms with Crippen molar-refractivity contribution in [2.24, 2.45) is 0 Å². The summed E-state index contributed by atoms with van der Waals surface area (Å²) in [6.45, 7) is 1.00. The maximum Gasteiger partial charge on any atom is 0.251 e. The fraction of sp³-hybridized carbons (Fsp3) is 0.529. The molecule has 2 aliphatic rings. The lowest BCUT2D eigenvalue weighted by Crippen LogP contribution is -2.38. The molecular weight excluding hydrogens is 342 g/mol. The first-order chi connectivity index (χ1) is 12.0. The predicted molar refractivity (Wildman–Crippen MR) is 92.5 cm³/mol. The van der Waals surface area contributed by atoms with Gasteiger partial charge in [-0.3, -0.25) is 9.59 Å². The normalized spacial score (nSPS) is 18.6. The van der Waals surface area contributed by atoms with Gasteiger partial charge in [-0.2, -0.15) is 4.31 Å². The molecule has 3 rings (SSSR count). The molecule has 0 bridgehead atoms. The molecule has 0 unspecified atom stereocenters. The average molecular weight is 365 g/mol. The van der Waals surface area contributed by atoms with Crippen molar-refractivity contribution in [2.75, 3.05) is 19.6 Å². The van der Waals surface area contributed by atoms with Crippen LogP contribution in [0.15, 0.2) is 29.2 Å². The molecule has 0 spiro atoms. The number of hydrogen-bond donors (Lipinski definition) is 2. The zero-order valence-electron chi connectivity index (χ0n) is 14.0. The molecule has 2 fully saturated rings. The van der Waals surface area contributed by atoms with Gasteiger partial charge in [0, 0.05) is 24.7 Å². The molecule has 1 aliphatic heterocycles. The molecule has 1 saturated heterocycles. The van der Waals surface area contributed by atoms with Gasteiger partial charge in [0.2, 0.25) is 15.9 Å². The molecule has 1 heterocycles. The number of nitrogens with one attached hydrogen (secondary N) is 2. The monoisotopic (exact) mass is 365 g/mol. The molecule has 1 aliphatic carbocycles. The van der Waals surface area contributed by atoms with Gasteiger partial charge in [0.05, 0.1) is 11.4 Å². The molecule has 25 heavy (non-hydrogen) atoms. The summed E-state index contributed by atoms with van der Waals surface area (Å²) in [4.78, 5) is 23.8. The first-order valence-electron chi connectivity index (χ1n) is 8.64. The number of hydrogen-bond acceptors (Lipinski definition) is 4. The van der Waals surface area contributed by atoms with Crippen molar-refractivity contribution >= 4 is 21.8 Å². The van der Waals surface area contributed by atoms with Crippen molar-refractivity contribution in [3.8, 4) is 0 Å². The molecule has 1 aromatic carbocycles.